The van der Waals surface area contributed by atoms with E-state index in [1.54, 1.807) is 24.3 Å². The number of rotatable bonds is 6. The maximum absolute atomic E-state index is 13.4. The van der Waals surface area contributed by atoms with Crippen molar-refractivity contribution >= 4 is 35.3 Å². The van der Waals surface area contributed by atoms with Crippen LogP contribution in [0.25, 0.3) is 6.08 Å². The van der Waals surface area contributed by atoms with E-state index in [2.05, 4.69) is 10.9 Å². The molecule has 0 radical (unpaired) electrons. The van der Waals surface area contributed by atoms with Gasteiger partial charge >= 0.3 is 0 Å². The summed E-state index contributed by atoms with van der Waals surface area (Å²) >= 11 is 1.00. The molecule has 0 aliphatic heterocycles. The van der Waals surface area contributed by atoms with Crippen LogP contribution in [0.4, 0.5) is 10.1 Å². The van der Waals surface area contributed by atoms with Crippen LogP contribution < -0.4 is 10.9 Å². The number of benzene rings is 2. The van der Waals surface area contributed by atoms with E-state index in [4.69, 9.17) is 0 Å². The van der Waals surface area contributed by atoms with Gasteiger partial charge in [0.05, 0.1) is 10.7 Å². The summed E-state index contributed by atoms with van der Waals surface area (Å²) in [6.45, 7) is 0. The highest BCUT2D eigenvalue weighted by Gasteiger charge is 2.07. The van der Waals surface area contributed by atoms with Crippen LogP contribution in [0.3, 0.4) is 0 Å². The van der Waals surface area contributed by atoms with Crippen molar-refractivity contribution in [2.45, 2.75) is 4.90 Å². The molecule has 0 saturated carbocycles. The maximum atomic E-state index is 13.4. The predicted octanol–water partition coefficient (Wildman–Crippen LogP) is 2.69. The molecule has 0 saturated heterocycles. The molecule has 2 amide bonds. The highest BCUT2D eigenvalue weighted by molar-refractivity contribution is 8.00. The van der Waals surface area contributed by atoms with Crippen LogP contribution in [-0.2, 0) is 9.59 Å². The third-order valence-electron chi connectivity index (χ3n) is 3.03. The van der Waals surface area contributed by atoms with Gasteiger partial charge in [0.15, 0.2) is 0 Å². The molecule has 0 fully saturated rings. The number of nitrogens with one attached hydrogen (secondary N) is 2. The van der Waals surface area contributed by atoms with E-state index in [9.17, 15) is 24.1 Å². The van der Waals surface area contributed by atoms with Gasteiger partial charge in [-0.05, 0) is 23.8 Å². The lowest BCUT2D eigenvalue weighted by Crippen LogP contribution is -2.41. The number of halogens is 1. The molecule has 2 rings (SSSR count). The first-order valence-electron chi connectivity index (χ1n) is 7.34. The maximum Gasteiger partial charge on any atom is 0.270 e. The quantitative estimate of drug-likeness (QED) is 0.350. The molecule has 0 spiro atoms. The number of non-ortho nitro benzene ring substituents is 1. The fourth-order valence-corrected chi connectivity index (χ4v) is 2.57. The minimum atomic E-state index is -0.610. The zero-order valence-corrected chi connectivity index (χ0v) is 14.2. The molecule has 2 aromatic carbocycles. The Morgan fingerprint density at radius 1 is 1.15 bits per heavy atom. The van der Waals surface area contributed by atoms with E-state index in [0.717, 1.165) is 17.8 Å². The van der Waals surface area contributed by atoms with Gasteiger partial charge < -0.3 is 0 Å². The smallest absolute Gasteiger partial charge is 0.270 e. The van der Waals surface area contributed by atoms with Crippen molar-refractivity contribution in [2.24, 2.45) is 0 Å². The molecule has 26 heavy (non-hydrogen) atoms. The molecule has 134 valence electrons. The van der Waals surface area contributed by atoms with Gasteiger partial charge in [-0.2, -0.15) is 0 Å². The number of hydrogen-bond acceptors (Lipinski definition) is 5. The topological polar surface area (TPSA) is 101 Å². The van der Waals surface area contributed by atoms with Gasteiger partial charge in [-0.3, -0.25) is 30.6 Å². The van der Waals surface area contributed by atoms with Crippen molar-refractivity contribution in [1.82, 2.24) is 10.9 Å². The van der Waals surface area contributed by atoms with E-state index in [0.29, 0.717) is 10.5 Å². The average Bonchev–Trinajstić information content (AvgIpc) is 2.64. The molecular formula is C17H14FN3O4S. The lowest BCUT2D eigenvalue weighted by Gasteiger charge is -2.05. The number of nitro benzene ring substituents is 1. The van der Waals surface area contributed by atoms with Crippen molar-refractivity contribution in [3.8, 4) is 0 Å². The van der Waals surface area contributed by atoms with E-state index < -0.39 is 22.6 Å². The third-order valence-corrected chi connectivity index (χ3v) is 4.08. The molecule has 0 heterocycles. The Kier molecular flexibility index (Phi) is 6.86. The molecular weight excluding hydrogens is 361 g/mol. The second kappa shape index (κ2) is 9.33. The summed E-state index contributed by atoms with van der Waals surface area (Å²) in [4.78, 5) is 33.8. The Labute approximate surface area is 152 Å². The summed E-state index contributed by atoms with van der Waals surface area (Å²) in [5.74, 6) is -1.61. The summed E-state index contributed by atoms with van der Waals surface area (Å²) in [7, 11) is 0. The third kappa shape index (κ3) is 6.02. The second-order valence-electron chi connectivity index (χ2n) is 4.94. The fourth-order valence-electron chi connectivity index (χ4n) is 1.83. The standard InChI is InChI=1S/C17H14FN3O4S/c18-14-6-1-2-7-15(14)26-11-17(23)20-19-16(22)9-8-12-4-3-5-13(10-12)21(24)25/h1-10H,11H2,(H,19,22)(H,20,23)/b9-8+. The van der Waals surface area contributed by atoms with Crippen LogP contribution in [-0.4, -0.2) is 22.5 Å². The van der Waals surface area contributed by atoms with Crippen molar-refractivity contribution in [1.29, 1.82) is 0 Å². The molecule has 0 aliphatic carbocycles. The minimum Gasteiger partial charge on any atom is -0.272 e. The van der Waals surface area contributed by atoms with E-state index in [1.165, 1.54) is 30.3 Å². The van der Waals surface area contributed by atoms with Gasteiger partial charge in [0.2, 0.25) is 5.91 Å². The molecule has 0 aromatic heterocycles. The first-order valence-corrected chi connectivity index (χ1v) is 8.33. The van der Waals surface area contributed by atoms with Crippen molar-refractivity contribution in [3.05, 3.63) is 76.1 Å². The Morgan fingerprint density at radius 3 is 2.65 bits per heavy atom. The normalized spacial score (nSPS) is 10.5. The number of nitro groups is 1. The van der Waals surface area contributed by atoms with Crippen LogP contribution in [0.15, 0.2) is 59.5 Å². The van der Waals surface area contributed by atoms with E-state index in [1.807, 2.05) is 0 Å². The lowest BCUT2D eigenvalue weighted by atomic mass is 10.2. The number of amides is 2. The molecule has 2 N–H and O–H groups in total. The Morgan fingerprint density at radius 2 is 1.92 bits per heavy atom. The van der Waals surface area contributed by atoms with Crippen LogP contribution >= 0.6 is 11.8 Å². The molecule has 0 unspecified atom stereocenters. The fraction of sp³-hybridized carbons (Fsp3) is 0.0588. The highest BCUT2D eigenvalue weighted by atomic mass is 32.2. The SMILES string of the molecule is O=C(/C=C/c1cccc([N+](=O)[O-])c1)NNC(=O)CSc1ccccc1F. The molecule has 0 bridgehead atoms. The predicted molar refractivity (Wildman–Crippen MR) is 95.5 cm³/mol. The second-order valence-corrected chi connectivity index (χ2v) is 5.96. The lowest BCUT2D eigenvalue weighted by molar-refractivity contribution is -0.384. The average molecular weight is 375 g/mol. The number of carbonyl (C=O) groups excluding carboxylic acids is 2. The first kappa shape index (κ1) is 19.1. The Hall–Kier alpha value is -3.20. The molecule has 7 nitrogen and oxygen atoms in total. The zero-order valence-electron chi connectivity index (χ0n) is 13.3. The summed E-state index contributed by atoms with van der Waals surface area (Å²) < 4.78 is 13.4. The summed E-state index contributed by atoms with van der Waals surface area (Å²) in [5, 5.41) is 10.7. The van der Waals surface area contributed by atoms with Gasteiger partial charge in [-0.25, -0.2) is 4.39 Å². The number of thioether (sulfide) groups is 1. The van der Waals surface area contributed by atoms with Gasteiger partial charge in [0, 0.05) is 23.1 Å². The highest BCUT2D eigenvalue weighted by Crippen LogP contribution is 2.20. The number of hydrogen-bond donors (Lipinski definition) is 2. The van der Waals surface area contributed by atoms with Crippen LogP contribution in [0, 0.1) is 15.9 Å². The Balaban J connectivity index is 1.79. The van der Waals surface area contributed by atoms with Gasteiger partial charge in [0.1, 0.15) is 5.82 Å². The van der Waals surface area contributed by atoms with Crippen molar-refractivity contribution < 1.29 is 18.9 Å². The van der Waals surface area contributed by atoms with Gasteiger partial charge in [-0.15, -0.1) is 11.8 Å². The summed E-state index contributed by atoms with van der Waals surface area (Å²) in [5.41, 5.74) is 4.75. The number of carbonyl (C=O) groups is 2. The molecule has 0 aliphatic rings. The molecule has 0 atom stereocenters. The minimum absolute atomic E-state index is 0.0736. The monoisotopic (exact) mass is 375 g/mol. The van der Waals surface area contributed by atoms with Crippen LogP contribution in [0.1, 0.15) is 5.56 Å². The first-order chi connectivity index (χ1) is 12.5. The van der Waals surface area contributed by atoms with Crippen LogP contribution in [0.2, 0.25) is 0 Å². The zero-order chi connectivity index (χ0) is 18.9. The molecule has 2 aromatic rings. The largest absolute Gasteiger partial charge is 0.272 e. The summed E-state index contributed by atoms with van der Waals surface area (Å²) in [6, 6.07) is 11.8. The molecule has 9 heteroatoms. The van der Waals surface area contributed by atoms with Gasteiger partial charge in [0.25, 0.3) is 11.6 Å². The van der Waals surface area contributed by atoms with Crippen molar-refractivity contribution in [3.63, 3.8) is 0 Å². The summed E-state index contributed by atoms with van der Waals surface area (Å²) in [6.07, 6.45) is 2.51. The van der Waals surface area contributed by atoms with Gasteiger partial charge in [-0.1, -0.05) is 24.3 Å². The van der Waals surface area contributed by atoms with E-state index in [-0.39, 0.29) is 11.4 Å². The van der Waals surface area contributed by atoms with Crippen LogP contribution in [0.5, 0.6) is 0 Å². The van der Waals surface area contributed by atoms with E-state index >= 15 is 0 Å². The number of nitrogens with zero attached hydrogens (tertiary/aromatic N) is 1. The number of hydrazine groups is 1. The van der Waals surface area contributed by atoms with Crippen molar-refractivity contribution in [2.75, 3.05) is 5.75 Å². The Bertz CT molecular complexity index is 857.